The van der Waals surface area contributed by atoms with Crippen molar-refractivity contribution < 1.29 is 14.1 Å². The number of carbonyl (C=O) groups is 1. The molecule has 1 aliphatic heterocycles. The number of benzene rings is 2. The van der Waals surface area contributed by atoms with Crippen LogP contribution < -0.4 is 4.74 Å². The van der Waals surface area contributed by atoms with Crippen LogP contribution in [-0.4, -0.2) is 29.1 Å². The van der Waals surface area contributed by atoms with Gasteiger partial charge in [-0.2, -0.15) is 0 Å². The van der Waals surface area contributed by atoms with Gasteiger partial charge in [-0.15, -0.1) is 0 Å². The van der Waals surface area contributed by atoms with Crippen molar-refractivity contribution in [3.8, 4) is 28.3 Å². The largest absolute Gasteiger partial charge is 0.497 e. The van der Waals surface area contributed by atoms with Gasteiger partial charge in [-0.1, -0.05) is 11.2 Å². The van der Waals surface area contributed by atoms with E-state index in [0.29, 0.717) is 6.54 Å². The van der Waals surface area contributed by atoms with Crippen LogP contribution in [0, 0.1) is 6.92 Å². The molecule has 5 heteroatoms. The highest BCUT2D eigenvalue weighted by Gasteiger charge is 2.29. The number of hydrogen-bond acceptors (Lipinski definition) is 4. The summed E-state index contributed by atoms with van der Waals surface area (Å²) in [5.41, 5.74) is 5.52. The van der Waals surface area contributed by atoms with E-state index >= 15 is 0 Å². The minimum Gasteiger partial charge on any atom is -0.497 e. The second kappa shape index (κ2) is 6.58. The molecule has 0 saturated carbocycles. The molecule has 2 aromatic carbocycles. The zero-order valence-electron chi connectivity index (χ0n) is 15.9. The van der Waals surface area contributed by atoms with Gasteiger partial charge in [-0.05, 0) is 62.7 Å². The summed E-state index contributed by atoms with van der Waals surface area (Å²) >= 11 is 0. The normalized spacial score (nSPS) is 13.4. The molecule has 1 aliphatic rings. The molecule has 0 atom stereocenters. The Morgan fingerprint density at radius 3 is 2.48 bits per heavy atom. The van der Waals surface area contributed by atoms with E-state index in [9.17, 15) is 4.79 Å². The summed E-state index contributed by atoms with van der Waals surface area (Å²) in [6, 6.07) is 13.8. The monoisotopic (exact) mass is 362 g/mol. The van der Waals surface area contributed by atoms with Crippen LogP contribution in [0.15, 0.2) is 47.0 Å². The van der Waals surface area contributed by atoms with Gasteiger partial charge in [-0.25, -0.2) is 0 Å². The van der Waals surface area contributed by atoms with E-state index in [1.165, 1.54) is 0 Å². The quantitative estimate of drug-likeness (QED) is 0.676. The fraction of sp³-hybridized carbons (Fsp3) is 0.273. The fourth-order valence-corrected chi connectivity index (χ4v) is 3.52. The third-order valence-electron chi connectivity index (χ3n) is 5.11. The van der Waals surface area contributed by atoms with Crippen molar-refractivity contribution in [3.63, 3.8) is 0 Å². The van der Waals surface area contributed by atoms with Gasteiger partial charge in [0.1, 0.15) is 11.4 Å². The standard InChI is InChI=1S/C22H22N2O3/c1-13(2)24-12-17-11-16(7-10-19(17)22(24)25)21-14(3)20(23-27-21)15-5-8-18(26-4)9-6-15/h5-11,13H,12H2,1-4H3. The second-order valence-corrected chi connectivity index (χ2v) is 7.11. The molecule has 0 saturated heterocycles. The number of rotatable bonds is 4. The number of nitrogens with zero attached hydrogens (tertiary/aromatic N) is 2. The van der Waals surface area contributed by atoms with Crippen molar-refractivity contribution in [3.05, 3.63) is 59.2 Å². The lowest BCUT2D eigenvalue weighted by Gasteiger charge is -2.19. The molecule has 4 rings (SSSR count). The molecule has 0 spiro atoms. The molecular formula is C22H22N2O3. The maximum atomic E-state index is 12.5. The Hall–Kier alpha value is -3.08. The Kier molecular flexibility index (Phi) is 4.22. The molecule has 0 aliphatic carbocycles. The van der Waals surface area contributed by atoms with Crippen molar-refractivity contribution in [2.75, 3.05) is 7.11 Å². The summed E-state index contributed by atoms with van der Waals surface area (Å²) in [6.07, 6.45) is 0. The first-order valence-electron chi connectivity index (χ1n) is 9.04. The lowest BCUT2D eigenvalue weighted by molar-refractivity contribution is 0.0730. The predicted molar refractivity (Wildman–Crippen MR) is 104 cm³/mol. The molecule has 2 heterocycles. The Balaban J connectivity index is 1.69. The van der Waals surface area contributed by atoms with Crippen LogP contribution in [0.5, 0.6) is 5.75 Å². The second-order valence-electron chi connectivity index (χ2n) is 7.11. The summed E-state index contributed by atoms with van der Waals surface area (Å²) in [7, 11) is 1.65. The van der Waals surface area contributed by atoms with E-state index in [0.717, 1.165) is 45.0 Å². The first-order valence-corrected chi connectivity index (χ1v) is 9.04. The topological polar surface area (TPSA) is 55.6 Å². The molecule has 0 radical (unpaired) electrons. The third-order valence-corrected chi connectivity index (χ3v) is 5.11. The molecule has 0 unspecified atom stereocenters. The number of methoxy groups -OCH3 is 1. The van der Waals surface area contributed by atoms with E-state index in [1.54, 1.807) is 7.11 Å². The van der Waals surface area contributed by atoms with Crippen LogP contribution in [0.25, 0.3) is 22.6 Å². The number of carbonyl (C=O) groups excluding carboxylic acids is 1. The van der Waals surface area contributed by atoms with Crippen molar-refractivity contribution >= 4 is 5.91 Å². The lowest BCUT2D eigenvalue weighted by Crippen LogP contribution is -2.30. The summed E-state index contributed by atoms with van der Waals surface area (Å²) in [5.74, 6) is 1.64. The Bertz CT molecular complexity index is 1000. The number of ether oxygens (including phenoxy) is 1. The predicted octanol–water partition coefficient (Wildman–Crippen LogP) is 4.69. The fourth-order valence-electron chi connectivity index (χ4n) is 3.52. The molecule has 27 heavy (non-hydrogen) atoms. The van der Waals surface area contributed by atoms with Crippen molar-refractivity contribution in [1.82, 2.24) is 10.1 Å². The minimum atomic E-state index is 0.0970. The van der Waals surface area contributed by atoms with E-state index in [2.05, 4.69) is 5.16 Å². The number of hydrogen-bond donors (Lipinski definition) is 0. The van der Waals surface area contributed by atoms with Crippen LogP contribution in [0.2, 0.25) is 0 Å². The van der Waals surface area contributed by atoms with Crippen molar-refractivity contribution in [2.24, 2.45) is 0 Å². The minimum absolute atomic E-state index is 0.0970. The first kappa shape index (κ1) is 17.3. The van der Waals surface area contributed by atoms with Gasteiger partial charge in [-0.3, -0.25) is 4.79 Å². The van der Waals surface area contributed by atoms with E-state index in [1.807, 2.05) is 68.1 Å². The summed E-state index contributed by atoms with van der Waals surface area (Å²) in [4.78, 5) is 14.4. The van der Waals surface area contributed by atoms with Crippen LogP contribution in [0.1, 0.15) is 35.3 Å². The molecular weight excluding hydrogens is 340 g/mol. The molecule has 3 aromatic rings. The highest BCUT2D eigenvalue weighted by Crippen LogP contribution is 2.35. The zero-order chi connectivity index (χ0) is 19.1. The SMILES string of the molecule is COc1ccc(-c2noc(-c3ccc4c(c3)CN(C(C)C)C4=O)c2C)cc1. The zero-order valence-corrected chi connectivity index (χ0v) is 15.9. The van der Waals surface area contributed by atoms with Gasteiger partial charge in [0.25, 0.3) is 5.91 Å². The van der Waals surface area contributed by atoms with Gasteiger partial charge in [0, 0.05) is 34.8 Å². The maximum Gasteiger partial charge on any atom is 0.254 e. The van der Waals surface area contributed by atoms with Gasteiger partial charge < -0.3 is 14.2 Å². The Labute approximate surface area is 158 Å². The highest BCUT2D eigenvalue weighted by atomic mass is 16.5. The van der Waals surface area contributed by atoms with Crippen LogP contribution in [0.3, 0.4) is 0 Å². The van der Waals surface area contributed by atoms with Crippen molar-refractivity contribution in [2.45, 2.75) is 33.4 Å². The lowest BCUT2D eigenvalue weighted by atomic mass is 10.0. The number of amides is 1. The van der Waals surface area contributed by atoms with Gasteiger partial charge in [0.15, 0.2) is 5.76 Å². The van der Waals surface area contributed by atoms with E-state index < -0.39 is 0 Å². The van der Waals surface area contributed by atoms with Crippen LogP contribution in [-0.2, 0) is 6.54 Å². The summed E-state index contributed by atoms with van der Waals surface area (Å²) in [5, 5.41) is 4.28. The smallest absolute Gasteiger partial charge is 0.254 e. The van der Waals surface area contributed by atoms with E-state index in [-0.39, 0.29) is 11.9 Å². The first-order chi connectivity index (χ1) is 13.0. The molecule has 1 amide bonds. The summed E-state index contributed by atoms with van der Waals surface area (Å²) in [6.45, 7) is 6.71. The Morgan fingerprint density at radius 1 is 1.11 bits per heavy atom. The van der Waals surface area contributed by atoms with Crippen LogP contribution in [0.4, 0.5) is 0 Å². The molecule has 0 N–H and O–H groups in total. The Morgan fingerprint density at radius 2 is 1.81 bits per heavy atom. The number of aromatic nitrogens is 1. The highest BCUT2D eigenvalue weighted by molar-refractivity contribution is 5.99. The molecule has 0 bridgehead atoms. The van der Waals surface area contributed by atoms with Crippen LogP contribution >= 0.6 is 0 Å². The number of fused-ring (bicyclic) bond motifs is 1. The van der Waals surface area contributed by atoms with E-state index in [4.69, 9.17) is 9.26 Å². The van der Waals surface area contributed by atoms with Gasteiger partial charge in [0.2, 0.25) is 0 Å². The maximum absolute atomic E-state index is 12.5. The molecule has 138 valence electrons. The average Bonchev–Trinajstić information content (AvgIpc) is 3.22. The average molecular weight is 362 g/mol. The molecule has 1 aromatic heterocycles. The van der Waals surface area contributed by atoms with Crippen molar-refractivity contribution in [1.29, 1.82) is 0 Å². The molecule has 0 fully saturated rings. The van der Waals surface area contributed by atoms with Gasteiger partial charge >= 0.3 is 0 Å². The van der Waals surface area contributed by atoms with Gasteiger partial charge in [0.05, 0.1) is 7.11 Å². The molecule has 5 nitrogen and oxygen atoms in total. The summed E-state index contributed by atoms with van der Waals surface area (Å²) < 4.78 is 10.9. The third kappa shape index (κ3) is 2.89.